The molecule has 0 heterocycles. The van der Waals surface area contributed by atoms with Crippen LogP contribution in [0.3, 0.4) is 0 Å². The zero-order valence-electron chi connectivity index (χ0n) is 7.58. The van der Waals surface area contributed by atoms with E-state index in [1.807, 2.05) is 6.08 Å². The van der Waals surface area contributed by atoms with E-state index in [0.29, 0.717) is 0 Å². The van der Waals surface area contributed by atoms with Crippen molar-refractivity contribution in [2.24, 2.45) is 0 Å². The minimum absolute atomic E-state index is 0.939. The van der Waals surface area contributed by atoms with Gasteiger partial charge in [-0.3, -0.25) is 0 Å². The average Bonchev–Trinajstić information content (AvgIpc) is 2.09. The summed E-state index contributed by atoms with van der Waals surface area (Å²) in [5.41, 5.74) is 2.61. The lowest BCUT2D eigenvalue weighted by molar-refractivity contribution is 0.337. The fourth-order valence-electron chi connectivity index (χ4n) is 1.00. The summed E-state index contributed by atoms with van der Waals surface area (Å²) in [7, 11) is 1.66. The van der Waals surface area contributed by atoms with E-state index >= 15 is 0 Å². The van der Waals surface area contributed by atoms with Crippen molar-refractivity contribution in [3.05, 3.63) is 47.7 Å². The monoisotopic (exact) mass is 162 g/mol. The van der Waals surface area contributed by atoms with E-state index in [-0.39, 0.29) is 0 Å². The van der Waals surface area contributed by atoms with E-state index in [1.165, 1.54) is 11.1 Å². The number of hydrogen-bond donors (Lipinski definition) is 0. The molecule has 1 aromatic rings. The third-order valence-corrected chi connectivity index (χ3v) is 1.71. The quantitative estimate of drug-likeness (QED) is 0.621. The van der Waals surface area contributed by atoms with E-state index in [2.05, 4.69) is 31.2 Å². The van der Waals surface area contributed by atoms with Crippen molar-refractivity contribution in [2.45, 2.75) is 13.3 Å². The Morgan fingerprint density at radius 3 is 2.50 bits per heavy atom. The van der Waals surface area contributed by atoms with E-state index < -0.39 is 0 Å². The molecule has 0 spiro atoms. The molecule has 0 aromatic heterocycles. The molecule has 0 aliphatic rings. The normalized spacial score (nSPS) is 10.5. The lowest BCUT2D eigenvalue weighted by Gasteiger charge is -1.96. The fourth-order valence-corrected chi connectivity index (χ4v) is 1.00. The van der Waals surface area contributed by atoms with Gasteiger partial charge < -0.3 is 4.74 Å². The van der Waals surface area contributed by atoms with Gasteiger partial charge in [0.1, 0.15) is 0 Å². The summed E-state index contributed by atoms with van der Waals surface area (Å²) in [6, 6.07) is 8.51. The molecule has 0 radical (unpaired) electrons. The van der Waals surface area contributed by atoms with Gasteiger partial charge in [0.2, 0.25) is 0 Å². The number of allylic oxidation sites excluding steroid dienone is 1. The predicted octanol–water partition coefficient (Wildman–Crippen LogP) is 2.70. The lowest BCUT2D eigenvalue weighted by atomic mass is 10.1. The Kier molecular flexibility index (Phi) is 3.39. The second-order valence-electron chi connectivity index (χ2n) is 2.80. The second kappa shape index (κ2) is 4.60. The summed E-state index contributed by atoms with van der Waals surface area (Å²) in [5.74, 6) is 0. The summed E-state index contributed by atoms with van der Waals surface area (Å²) < 4.78 is 4.81. The van der Waals surface area contributed by atoms with Crippen LogP contribution in [0.15, 0.2) is 36.6 Å². The average molecular weight is 162 g/mol. The molecule has 0 aliphatic heterocycles. The zero-order chi connectivity index (χ0) is 8.81. The first-order valence-corrected chi connectivity index (χ1v) is 4.06. The van der Waals surface area contributed by atoms with Crippen LogP contribution in [0.2, 0.25) is 0 Å². The van der Waals surface area contributed by atoms with Crippen molar-refractivity contribution in [1.29, 1.82) is 0 Å². The zero-order valence-corrected chi connectivity index (χ0v) is 7.58. The molecule has 1 heteroatoms. The van der Waals surface area contributed by atoms with Crippen LogP contribution in [0.1, 0.15) is 11.1 Å². The van der Waals surface area contributed by atoms with Gasteiger partial charge in [-0.25, -0.2) is 0 Å². The van der Waals surface area contributed by atoms with Crippen LogP contribution in [0.4, 0.5) is 0 Å². The Labute approximate surface area is 73.7 Å². The van der Waals surface area contributed by atoms with Crippen LogP contribution in [-0.2, 0) is 11.2 Å². The maximum atomic E-state index is 4.81. The highest BCUT2D eigenvalue weighted by Crippen LogP contribution is 2.03. The highest BCUT2D eigenvalue weighted by Gasteiger charge is 1.87. The minimum atomic E-state index is 0.939. The van der Waals surface area contributed by atoms with Crippen molar-refractivity contribution in [2.75, 3.05) is 7.11 Å². The van der Waals surface area contributed by atoms with Gasteiger partial charge in [-0.1, -0.05) is 29.8 Å². The highest BCUT2D eigenvalue weighted by molar-refractivity contribution is 5.22. The van der Waals surface area contributed by atoms with Gasteiger partial charge >= 0.3 is 0 Å². The van der Waals surface area contributed by atoms with Crippen LogP contribution in [-0.4, -0.2) is 7.11 Å². The van der Waals surface area contributed by atoms with Crippen LogP contribution >= 0.6 is 0 Å². The summed E-state index contributed by atoms with van der Waals surface area (Å²) in [5, 5.41) is 0. The molecular formula is C11H14O. The Bertz CT molecular complexity index is 246. The number of hydrogen-bond acceptors (Lipinski definition) is 1. The van der Waals surface area contributed by atoms with Crippen molar-refractivity contribution in [3.63, 3.8) is 0 Å². The number of methoxy groups -OCH3 is 1. The molecular weight excluding hydrogens is 148 g/mol. The van der Waals surface area contributed by atoms with E-state index in [1.54, 1.807) is 13.4 Å². The Morgan fingerprint density at radius 1 is 1.25 bits per heavy atom. The molecule has 1 rings (SSSR count). The Hall–Kier alpha value is -1.24. The second-order valence-corrected chi connectivity index (χ2v) is 2.80. The Morgan fingerprint density at radius 2 is 1.92 bits per heavy atom. The van der Waals surface area contributed by atoms with Crippen LogP contribution in [0.25, 0.3) is 0 Å². The third kappa shape index (κ3) is 2.79. The summed E-state index contributed by atoms with van der Waals surface area (Å²) in [6.45, 7) is 2.09. The first-order chi connectivity index (χ1) is 5.83. The number of benzene rings is 1. The molecule has 1 nitrogen and oxygen atoms in total. The van der Waals surface area contributed by atoms with Gasteiger partial charge in [0.25, 0.3) is 0 Å². The maximum absolute atomic E-state index is 4.81. The van der Waals surface area contributed by atoms with Crippen LogP contribution in [0, 0.1) is 6.92 Å². The molecule has 0 aliphatic carbocycles. The molecule has 0 amide bonds. The van der Waals surface area contributed by atoms with Gasteiger partial charge in [0, 0.05) is 0 Å². The number of ether oxygens (including phenoxy) is 1. The molecule has 0 N–H and O–H groups in total. The number of rotatable bonds is 3. The van der Waals surface area contributed by atoms with Crippen LogP contribution < -0.4 is 0 Å². The van der Waals surface area contributed by atoms with Gasteiger partial charge in [0.15, 0.2) is 0 Å². The molecule has 0 unspecified atom stereocenters. The molecule has 0 atom stereocenters. The maximum Gasteiger partial charge on any atom is 0.0788 e. The van der Waals surface area contributed by atoms with Crippen LogP contribution in [0.5, 0.6) is 0 Å². The largest absolute Gasteiger partial charge is 0.505 e. The summed E-state index contributed by atoms with van der Waals surface area (Å²) >= 11 is 0. The molecule has 64 valence electrons. The fraction of sp³-hybridized carbons (Fsp3) is 0.273. The molecule has 0 fully saturated rings. The molecule has 0 bridgehead atoms. The molecule has 0 saturated carbocycles. The smallest absolute Gasteiger partial charge is 0.0788 e. The SMILES string of the molecule is COC=CCc1ccc(C)cc1. The molecule has 12 heavy (non-hydrogen) atoms. The lowest BCUT2D eigenvalue weighted by Crippen LogP contribution is -1.80. The van der Waals surface area contributed by atoms with E-state index in [0.717, 1.165) is 6.42 Å². The highest BCUT2D eigenvalue weighted by atomic mass is 16.5. The van der Waals surface area contributed by atoms with Gasteiger partial charge in [0.05, 0.1) is 13.4 Å². The summed E-state index contributed by atoms with van der Waals surface area (Å²) in [6.07, 6.45) is 4.65. The van der Waals surface area contributed by atoms with E-state index in [9.17, 15) is 0 Å². The van der Waals surface area contributed by atoms with Gasteiger partial charge in [-0.2, -0.15) is 0 Å². The van der Waals surface area contributed by atoms with Crippen molar-refractivity contribution in [1.82, 2.24) is 0 Å². The topological polar surface area (TPSA) is 9.23 Å². The molecule has 1 aromatic carbocycles. The van der Waals surface area contributed by atoms with Crippen molar-refractivity contribution < 1.29 is 4.74 Å². The Balaban J connectivity index is 2.53. The number of aryl methyl sites for hydroxylation is 1. The summed E-state index contributed by atoms with van der Waals surface area (Å²) in [4.78, 5) is 0. The first kappa shape index (κ1) is 8.85. The molecule has 0 saturated heterocycles. The van der Waals surface area contributed by atoms with Gasteiger partial charge in [-0.05, 0) is 25.0 Å². The van der Waals surface area contributed by atoms with Crippen molar-refractivity contribution >= 4 is 0 Å². The minimum Gasteiger partial charge on any atom is -0.505 e. The standard InChI is InChI=1S/C11H14O/c1-10-5-7-11(8-6-10)4-3-9-12-2/h3,5-9H,4H2,1-2H3. The van der Waals surface area contributed by atoms with Crippen molar-refractivity contribution in [3.8, 4) is 0 Å². The third-order valence-electron chi connectivity index (χ3n) is 1.71. The van der Waals surface area contributed by atoms with Gasteiger partial charge in [-0.15, -0.1) is 0 Å². The first-order valence-electron chi connectivity index (χ1n) is 4.06. The predicted molar refractivity (Wildman–Crippen MR) is 51.0 cm³/mol. The van der Waals surface area contributed by atoms with E-state index in [4.69, 9.17) is 4.74 Å².